The number of nitrogens with zero attached hydrogens (tertiary/aromatic N) is 2. The van der Waals surface area contributed by atoms with Gasteiger partial charge in [0.1, 0.15) is 22.8 Å². The first-order chi connectivity index (χ1) is 13.8. The Morgan fingerprint density at radius 2 is 1.79 bits per heavy atom. The molecule has 4 rings (SSSR count). The second kappa shape index (κ2) is 7.96. The molecular weight excluding hydrogens is 352 g/mol. The van der Waals surface area contributed by atoms with Gasteiger partial charge in [0.05, 0.1) is 19.1 Å². The predicted octanol–water partition coefficient (Wildman–Crippen LogP) is 5.13. The normalized spacial score (nSPS) is 11.6. The third kappa shape index (κ3) is 3.74. The summed E-state index contributed by atoms with van der Waals surface area (Å²) >= 11 is 0. The Morgan fingerprint density at radius 3 is 2.50 bits per heavy atom. The molecule has 2 aromatic heterocycles. The highest BCUT2D eigenvalue weighted by atomic mass is 16.5. The van der Waals surface area contributed by atoms with Gasteiger partial charge in [-0.25, -0.2) is 9.98 Å². The van der Waals surface area contributed by atoms with Crippen molar-refractivity contribution in [1.82, 2.24) is 4.98 Å². The summed E-state index contributed by atoms with van der Waals surface area (Å²) in [5.74, 6) is 2.93. The SMILES string of the molecule is CCOc1ccc2oc(-c3ccc(OC)cc3)cc(=Nc3ccccn3)c2c1. The number of fused-ring (bicyclic) bond motifs is 1. The highest BCUT2D eigenvalue weighted by Crippen LogP contribution is 2.26. The van der Waals surface area contributed by atoms with Crippen molar-refractivity contribution in [1.29, 1.82) is 0 Å². The van der Waals surface area contributed by atoms with Gasteiger partial charge in [0.2, 0.25) is 0 Å². The average molecular weight is 372 g/mol. The maximum atomic E-state index is 6.16. The van der Waals surface area contributed by atoms with Crippen molar-refractivity contribution < 1.29 is 13.9 Å². The Hall–Kier alpha value is -3.60. The Balaban J connectivity index is 1.93. The molecule has 5 nitrogen and oxygen atoms in total. The van der Waals surface area contributed by atoms with Crippen LogP contribution in [-0.4, -0.2) is 18.7 Å². The minimum absolute atomic E-state index is 0.597. The number of methoxy groups -OCH3 is 1. The zero-order valence-corrected chi connectivity index (χ0v) is 15.8. The van der Waals surface area contributed by atoms with E-state index in [9.17, 15) is 0 Å². The van der Waals surface area contributed by atoms with Crippen LogP contribution in [0.2, 0.25) is 0 Å². The number of aromatic nitrogens is 1. The van der Waals surface area contributed by atoms with Crippen molar-refractivity contribution in [2.45, 2.75) is 6.92 Å². The molecule has 4 aromatic rings. The fraction of sp³-hybridized carbons (Fsp3) is 0.130. The van der Waals surface area contributed by atoms with Crippen molar-refractivity contribution in [2.24, 2.45) is 4.99 Å². The summed E-state index contributed by atoms with van der Waals surface area (Å²) in [6.45, 7) is 2.56. The Bertz CT molecular complexity index is 1150. The molecule has 0 N–H and O–H groups in total. The third-order valence-electron chi connectivity index (χ3n) is 4.28. The molecule has 0 atom stereocenters. The highest BCUT2D eigenvalue weighted by Gasteiger charge is 2.08. The molecule has 0 saturated carbocycles. The summed E-state index contributed by atoms with van der Waals surface area (Å²) in [6.07, 6.45) is 1.73. The van der Waals surface area contributed by atoms with E-state index in [0.29, 0.717) is 18.2 Å². The van der Waals surface area contributed by atoms with E-state index < -0.39 is 0 Å². The Morgan fingerprint density at radius 1 is 0.964 bits per heavy atom. The summed E-state index contributed by atoms with van der Waals surface area (Å²) < 4.78 is 17.0. The van der Waals surface area contributed by atoms with Crippen LogP contribution in [0.3, 0.4) is 0 Å². The van der Waals surface area contributed by atoms with Gasteiger partial charge >= 0.3 is 0 Å². The van der Waals surface area contributed by atoms with Gasteiger partial charge < -0.3 is 13.9 Å². The fourth-order valence-corrected chi connectivity index (χ4v) is 2.94. The Kier molecular flexibility index (Phi) is 5.06. The lowest BCUT2D eigenvalue weighted by Gasteiger charge is -2.08. The van der Waals surface area contributed by atoms with Gasteiger partial charge in [-0.2, -0.15) is 0 Å². The molecule has 140 valence electrons. The molecule has 0 aliphatic heterocycles. The van der Waals surface area contributed by atoms with E-state index in [1.54, 1.807) is 13.3 Å². The predicted molar refractivity (Wildman–Crippen MR) is 109 cm³/mol. The quantitative estimate of drug-likeness (QED) is 0.487. The van der Waals surface area contributed by atoms with Gasteiger partial charge in [-0.3, -0.25) is 0 Å². The summed E-state index contributed by atoms with van der Waals surface area (Å²) in [7, 11) is 1.65. The number of pyridine rings is 1. The second-order valence-electron chi connectivity index (χ2n) is 6.12. The maximum Gasteiger partial charge on any atom is 0.152 e. The van der Waals surface area contributed by atoms with Crippen molar-refractivity contribution >= 4 is 16.8 Å². The van der Waals surface area contributed by atoms with E-state index in [-0.39, 0.29) is 0 Å². The van der Waals surface area contributed by atoms with Crippen LogP contribution in [0.15, 0.2) is 82.3 Å². The van der Waals surface area contributed by atoms with E-state index in [2.05, 4.69) is 4.98 Å². The summed E-state index contributed by atoms with van der Waals surface area (Å²) in [4.78, 5) is 9.06. The van der Waals surface area contributed by atoms with Crippen molar-refractivity contribution in [3.63, 3.8) is 0 Å². The van der Waals surface area contributed by atoms with Crippen LogP contribution in [0.5, 0.6) is 11.5 Å². The van der Waals surface area contributed by atoms with Crippen LogP contribution in [0, 0.1) is 0 Å². The molecule has 5 heteroatoms. The molecule has 0 radical (unpaired) electrons. The molecule has 0 spiro atoms. The summed E-state index contributed by atoms with van der Waals surface area (Å²) in [5.41, 5.74) is 1.67. The van der Waals surface area contributed by atoms with Crippen LogP contribution in [-0.2, 0) is 0 Å². The standard InChI is InChI=1S/C23H20N2O3/c1-3-27-18-11-12-21-19(14-18)20(25-23-6-4-5-13-24-23)15-22(28-21)16-7-9-17(26-2)10-8-16/h4-15H,3H2,1-2H3. The number of ether oxygens (including phenoxy) is 2. The van der Waals surface area contributed by atoms with Gasteiger partial charge in [0.15, 0.2) is 5.82 Å². The second-order valence-corrected chi connectivity index (χ2v) is 6.12. The van der Waals surface area contributed by atoms with Crippen LogP contribution in [0.4, 0.5) is 5.82 Å². The third-order valence-corrected chi connectivity index (χ3v) is 4.28. The van der Waals surface area contributed by atoms with Gasteiger partial charge in [0, 0.05) is 23.2 Å². The minimum Gasteiger partial charge on any atom is -0.497 e. The lowest BCUT2D eigenvalue weighted by molar-refractivity contribution is 0.340. The zero-order chi connectivity index (χ0) is 19.3. The number of hydrogen-bond donors (Lipinski definition) is 0. The summed E-state index contributed by atoms with van der Waals surface area (Å²) in [6, 6.07) is 21.1. The summed E-state index contributed by atoms with van der Waals surface area (Å²) in [5, 5.41) is 1.64. The first kappa shape index (κ1) is 17.8. The molecule has 0 amide bonds. The van der Waals surface area contributed by atoms with Gasteiger partial charge in [-0.1, -0.05) is 6.07 Å². The van der Waals surface area contributed by atoms with E-state index in [4.69, 9.17) is 18.9 Å². The van der Waals surface area contributed by atoms with E-state index >= 15 is 0 Å². The highest BCUT2D eigenvalue weighted by molar-refractivity contribution is 5.80. The molecule has 0 aliphatic rings. The molecule has 28 heavy (non-hydrogen) atoms. The van der Waals surface area contributed by atoms with Crippen LogP contribution in [0.25, 0.3) is 22.3 Å². The topological polar surface area (TPSA) is 56.9 Å². The number of rotatable bonds is 5. The van der Waals surface area contributed by atoms with Crippen LogP contribution >= 0.6 is 0 Å². The van der Waals surface area contributed by atoms with E-state index in [1.807, 2.05) is 73.7 Å². The monoisotopic (exact) mass is 372 g/mol. The maximum absolute atomic E-state index is 6.16. The number of hydrogen-bond acceptors (Lipinski definition) is 5. The van der Waals surface area contributed by atoms with Gasteiger partial charge in [0.25, 0.3) is 0 Å². The molecule has 0 bridgehead atoms. The van der Waals surface area contributed by atoms with Gasteiger partial charge in [-0.05, 0) is 61.5 Å². The zero-order valence-electron chi connectivity index (χ0n) is 15.8. The first-order valence-corrected chi connectivity index (χ1v) is 9.07. The van der Waals surface area contributed by atoms with Crippen molar-refractivity contribution in [3.05, 3.63) is 78.3 Å². The van der Waals surface area contributed by atoms with Crippen LogP contribution in [0.1, 0.15) is 6.92 Å². The molecule has 0 saturated heterocycles. The lowest BCUT2D eigenvalue weighted by Crippen LogP contribution is -2.04. The minimum atomic E-state index is 0.597. The molecule has 0 fully saturated rings. The van der Waals surface area contributed by atoms with Crippen molar-refractivity contribution in [3.8, 4) is 22.8 Å². The Labute approximate surface area is 162 Å². The smallest absolute Gasteiger partial charge is 0.152 e. The fourth-order valence-electron chi connectivity index (χ4n) is 2.94. The molecular formula is C23H20N2O3. The molecule has 0 aliphatic carbocycles. The number of benzene rings is 2. The molecule has 2 heterocycles. The van der Waals surface area contributed by atoms with E-state index in [1.165, 1.54) is 0 Å². The molecule has 0 unspecified atom stereocenters. The van der Waals surface area contributed by atoms with E-state index in [0.717, 1.165) is 33.4 Å². The van der Waals surface area contributed by atoms with Gasteiger partial charge in [-0.15, -0.1) is 0 Å². The van der Waals surface area contributed by atoms with Crippen LogP contribution < -0.4 is 14.8 Å². The first-order valence-electron chi connectivity index (χ1n) is 9.07. The average Bonchev–Trinajstić information content (AvgIpc) is 2.75. The molecule has 2 aromatic carbocycles. The largest absolute Gasteiger partial charge is 0.497 e. The van der Waals surface area contributed by atoms with Crippen molar-refractivity contribution in [2.75, 3.05) is 13.7 Å². The lowest BCUT2D eigenvalue weighted by atomic mass is 10.1.